The van der Waals surface area contributed by atoms with Crippen molar-refractivity contribution < 1.29 is 19.5 Å². The Morgan fingerprint density at radius 1 is 1.37 bits per heavy atom. The number of hydrogen-bond acceptors (Lipinski definition) is 4. The minimum absolute atomic E-state index is 0.0135. The summed E-state index contributed by atoms with van der Waals surface area (Å²) >= 11 is 0. The first-order valence-corrected chi connectivity index (χ1v) is 6.37. The third-order valence-electron chi connectivity index (χ3n) is 2.88. The van der Waals surface area contributed by atoms with Gasteiger partial charge in [-0.25, -0.2) is 4.79 Å². The Balaban J connectivity index is 1.97. The maximum atomic E-state index is 11.1. The number of aliphatic carboxylic acids is 1. The van der Waals surface area contributed by atoms with Crippen LogP contribution in [0, 0.1) is 0 Å². The van der Waals surface area contributed by atoms with Crippen LogP contribution in [0.25, 0.3) is 0 Å². The average Bonchev–Trinajstić information content (AvgIpc) is 2.45. The van der Waals surface area contributed by atoms with Crippen molar-refractivity contribution in [1.82, 2.24) is 0 Å². The van der Waals surface area contributed by atoms with Gasteiger partial charge in [0, 0.05) is 12.8 Å². The highest BCUT2D eigenvalue weighted by atomic mass is 16.8. The van der Waals surface area contributed by atoms with E-state index in [0.717, 1.165) is 24.8 Å². The smallest absolute Gasteiger partial charge is 0.354 e. The van der Waals surface area contributed by atoms with Gasteiger partial charge in [-0.05, 0) is 18.4 Å². The van der Waals surface area contributed by atoms with Crippen LogP contribution >= 0.6 is 0 Å². The molecule has 1 unspecified atom stereocenters. The highest BCUT2D eigenvalue weighted by Gasteiger charge is 2.17. The molecule has 1 aliphatic heterocycles. The minimum Gasteiger partial charge on any atom is -0.477 e. The van der Waals surface area contributed by atoms with Gasteiger partial charge in [0.1, 0.15) is 0 Å². The summed E-state index contributed by atoms with van der Waals surface area (Å²) in [6.45, 7) is 0.640. The van der Waals surface area contributed by atoms with E-state index >= 15 is 0 Å². The standard InChI is InChI=1S/C14H17NO4/c16-14(17)12(10-11-6-2-1-3-7-11)15-19-13-8-4-5-9-18-13/h1-3,6-7,13H,4-5,8-10H2,(H,16,17)/b15-12+. The molecule has 1 N–H and O–H groups in total. The lowest BCUT2D eigenvalue weighted by Gasteiger charge is -2.20. The molecule has 1 atom stereocenters. The summed E-state index contributed by atoms with van der Waals surface area (Å²) in [5.41, 5.74) is 0.872. The molecule has 1 aromatic carbocycles. The van der Waals surface area contributed by atoms with Crippen molar-refractivity contribution in [1.29, 1.82) is 0 Å². The lowest BCUT2D eigenvalue weighted by atomic mass is 10.1. The topological polar surface area (TPSA) is 68.1 Å². The number of oxime groups is 1. The van der Waals surface area contributed by atoms with Crippen molar-refractivity contribution >= 4 is 11.7 Å². The number of ether oxygens (including phenoxy) is 1. The lowest BCUT2D eigenvalue weighted by molar-refractivity contribution is -0.162. The van der Waals surface area contributed by atoms with Crippen LogP contribution in [-0.4, -0.2) is 29.7 Å². The van der Waals surface area contributed by atoms with Crippen molar-refractivity contribution in [2.45, 2.75) is 32.0 Å². The van der Waals surface area contributed by atoms with Gasteiger partial charge in [-0.1, -0.05) is 35.5 Å². The Bertz CT molecular complexity index is 438. The van der Waals surface area contributed by atoms with E-state index in [9.17, 15) is 4.79 Å². The lowest BCUT2D eigenvalue weighted by Crippen LogP contribution is -2.23. The maximum Gasteiger partial charge on any atom is 0.354 e. The van der Waals surface area contributed by atoms with Crippen LogP contribution in [0.1, 0.15) is 24.8 Å². The van der Waals surface area contributed by atoms with E-state index in [4.69, 9.17) is 14.7 Å². The van der Waals surface area contributed by atoms with Gasteiger partial charge in [-0.15, -0.1) is 0 Å². The molecule has 19 heavy (non-hydrogen) atoms. The van der Waals surface area contributed by atoms with Crippen LogP contribution in [0.5, 0.6) is 0 Å². The van der Waals surface area contributed by atoms with Gasteiger partial charge in [0.2, 0.25) is 6.29 Å². The van der Waals surface area contributed by atoms with Crippen LogP contribution in [0.15, 0.2) is 35.5 Å². The van der Waals surface area contributed by atoms with Crippen molar-refractivity contribution in [3.05, 3.63) is 35.9 Å². The molecule has 1 saturated heterocycles. The molecule has 1 aromatic rings. The van der Waals surface area contributed by atoms with E-state index in [0.29, 0.717) is 6.61 Å². The highest BCUT2D eigenvalue weighted by Crippen LogP contribution is 2.14. The fourth-order valence-electron chi connectivity index (χ4n) is 1.85. The number of rotatable bonds is 5. The Morgan fingerprint density at radius 2 is 2.16 bits per heavy atom. The molecule has 0 aliphatic carbocycles. The second-order valence-electron chi connectivity index (χ2n) is 4.41. The number of carbonyl (C=O) groups is 1. The zero-order chi connectivity index (χ0) is 13.5. The SMILES string of the molecule is O=C(O)/C(Cc1ccccc1)=N/OC1CCCCO1. The minimum atomic E-state index is -1.07. The third-order valence-corrected chi connectivity index (χ3v) is 2.88. The van der Waals surface area contributed by atoms with Gasteiger partial charge in [0.05, 0.1) is 6.61 Å². The van der Waals surface area contributed by atoms with E-state index in [1.54, 1.807) is 0 Å². The molecule has 0 saturated carbocycles. The van der Waals surface area contributed by atoms with Crippen LogP contribution in [0.3, 0.4) is 0 Å². The summed E-state index contributed by atoms with van der Waals surface area (Å²) in [5, 5.41) is 12.8. The fraction of sp³-hybridized carbons (Fsp3) is 0.429. The summed E-state index contributed by atoms with van der Waals surface area (Å²) < 4.78 is 5.34. The number of hydrogen-bond donors (Lipinski definition) is 1. The normalized spacial score (nSPS) is 20.0. The second kappa shape index (κ2) is 6.89. The quantitative estimate of drug-likeness (QED) is 0.653. The zero-order valence-corrected chi connectivity index (χ0v) is 10.6. The molecule has 0 radical (unpaired) electrons. The van der Waals surface area contributed by atoms with Crippen molar-refractivity contribution in [2.24, 2.45) is 5.16 Å². The fourth-order valence-corrected chi connectivity index (χ4v) is 1.85. The Labute approximate surface area is 111 Å². The van der Waals surface area contributed by atoms with Gasteiger partial charge < -0.3 is 14.7 Å². The van der Waals surface area contributed by atoms with Crippen molar-refractivity contribution in [2.75, 3.05) is 6.61 Å². The number of carboxylic acids is 1. The summed E-state index contributed by atoms with van der Waals surface area (Å²) in [5.74, 6) is -1.07. The Kier molecular flexibility index (Phi) is 4.92. The van der Waals surface area contributed by atoms with Gasteiger partial charge in [0.15, 0.2) is 5.71 Å². The highest BCUT2D eigenvalue weighted by molar-refractivity contribution is 6.35. The number of benzene rings is 1. The van der Waals surface area contributed by atoms with E-state index < -0.39 is 12.3 Å². The van der Waals surface area contributed by atoms with Gasteiger partial charge in [-0.3, -0.25) is 0 Å². The molecule has 2 rings (SSSR count). The predicted molar refractivity (Wildman–Crippen MR) is 69.9 cm³/mol. The van der Waals surface area contributed by atoms with E-state index in [-0.39, 0.29) is 12.1 Å². The van der Waals surface area contributed by atoms with Crippen LogP contribution in [0.4, 0.5) is 0 Å². The zero-order valence-electron chi connectivity index (χ0n) is 10.6. The molecule has 1 heterocycles. The first-order valence-electron chi connectivity index (χ1n) is 6.37. The first kappa shape index (κ1) is 13.5. The molecule has 0 aromatic heterocycles. The van der Waals surface area contributed by atoms with Gasteiger partial charge in [0.25, 0.3) is 0 Å². The Morgan fingerprint density at radius 3 is 2.79 bits per heavy atom. The molecule has 1 fully saturated rings. The average molecular weight is 263 g/mol. The Hall–Kier alpha value is -1.88. The number of nitrogens with zero attached hydrogens (tertiary/aromatic N) is 1. The summed E-state index contributed by atoms with van der Waals surface area (Å²) in [4.78, 5) is 16.3. The number of carboxylic acid groups (broad SMARTS) is 1. The monoisotopic (exact) mass is 263 g/mol. The van der Waals surface area contributed by atoms with Crippen LogP contribution in [0.2, 0.25) is 0 Å². The van der Waals surface area contributed by atoms with Gasteiger partial charge >= 0.3 is 5.97 Å². The van der Waals surface area contributed by atoms with Crippen molar-refractivity contribution in [3.63, 3.8) is 0 Å². The van der Waals surface area contributed by atoms with E-state index in [1.165, 1.54) is 0 Å². The maximum absolute atomic E-state index is 11.1. The first-order chi connectivity index (χ1) is 9.25. The summed E-state index contributed by atoms with van der Waals surface area (Å²) in [7, 11) is 0. The third kappa shape index (κ3) is 4.37. The molecule has 0 bridgehead atoms. The molecule has 5 nitrogen and oxygen atoms in total. The van der Waals surface area contributed by atoms with Crippen molar-refractivity contribution in [3.8, 4) is 0 Å². The van der Waals surface area contributed by atoms with Gasteiger partial charge in [-0.2, -0.15) is 0 Å². The molecule has 1 aliphatic rings. The van der Waals surface area contributed by atoms with E-state index in [2.05, 4.69) is 5.16 Å². The summed E-state index contributed by atoms with van der Waals surface area (Å²) in [6, 6.07) is 9.32. The van der Waals surface area contributed by atoms with E-state index in [1.807, 2.05) is 30.3 Å². The second-order valence-corrected chi connectivity index (χ2v) is 4.41. The molecular formula is C14H17NO4. The molecule has 5 heteroatoms. The molecule has 0 spiro atoms. The van der Waals surface area contributed by atoms with Crippen LogP contribution < -0.4 is 0 Å². The largest absolute Gasteiger partial charge is 0.477 e. The van der Waals surface area contributed by atoms with Crippen LogP contribution in [-0.2, 0) is 20.8 Å². The summed E-state index contributed by atoms with van der Waals surface area (Å²) in [6.07, 6.45) is 2.60. The molecular weight excluding hydrogens is 246 g/mol. The molecule has 0 amide bonds. The molecule has 102 valence electrons. The predicted octanol–water partition coefficient (Wildman–Crippen LogP) is 2.21.